The summed E-state index contributed by atoms with van der Waals surface area (Å²) in [6.07, 6.45) is 1.79. The van der Waals surface area contributed by atoms with E-state index in [0.29, 0.717) is 15.9 Å². The molecule has 0 aliphatic carbocycles. The predicted octanol–water partition coefficient (Wildman–Crippen LogP) is 3.53. The molecule has 0 aliphatic rings. The molecule has 1 aromatic heterocycles. The van der Waals surface area contributed by atoms with E-state index in [9.17, 15) is 4.21 Å². The summed E-state index contributed by atoms with van der Waals surface area (Å²) in [7, 11) is 0. The quantitative estimate of drug-likeness (QED) is 0.822. The maximum Gasteiger partial charge on any atom is 0.137 e. The number of aryl methyl sites for hydroxylation is 2. The number of aromatic amines is 1. The molecule has 1 atom stereocenters. The highest BCUT2D eigenvalue weighted by Gasteiger charge is 2.12. The molecule has 0 saturated heterocycles. The van der Waals surface area contributed by atoms with Gasteiger partial charge in [-0.3, -0.25) is 0 Å². The maximum absolute atomic E-state index is 11.1. The molecule has 2 nitrogen and oxygen atoms in total. The third-order valence-corrected chi connectivity index (χ3v) is 3.82. The van der Waals surface area contributed by atoms with E-state index < -0.39 is 0 Å². The highest BCUT2D eigenvalue weighted by Crippen LogP contribution is 2.27. The lowest BCUT2D eigenvalue weighted by atomic mass is 9.90. The van der Waals surface area contributed by atoms with Gasteiger partial charge >= 0.3 is 0 Å². The monoisotopic (exact) mass is 259 g/mol. The Labute approximate surface area is 111 Å². The van der Waals surface area contributed by atoms with E-state index in [-0.39, 0.29) is 5.92 Å². The molecule has 2 aromatic rings. The molecule has 0 aliphatic heterocycles. The molecule has 1 unspecified atom stereocenters. The number of rotatable bonds is 2. The Bertz CT molecular complexity index is 654. The van der Waals surface area contributed by atoms with E-state index in [2.05, 4.69) is 44.0 Å². The molecular formula is C15H17NOS. The van der Waals surface area contributed by atoms with Gasteiger partial charge in [-0.25, -0.2) is 4.21 Å². The maximum atomic E-state index is 11.1. The Hall–Kier alpha value is -1.61. The molecule has 1 heterocycles. The fraction of sp³-hybridized carbons (Fsp3) is 0.267. The fourth-order valence-electron chi connectivity index (χ4n) is 2.24. The molecule has 1 N–H and O–H groups in total. The largest absolute Gasteiger partial charge is 0.351 e. The lowest BCUT2D eigenvalue weighted by Crippen LogP contribution is -2.01. The minimum absolute atomic E-state index is 0.221. The van der Waals surface area contributed by atoms with Crippen LogP contribution in [0.3, 0.4) is 0 Å². The predicted molar refractivity (Wildman–Crippen MR) is 75.6 cm³/mol. The summed E-state index contributed by atoms with van der Waals surface area (Å²) in [6.45, 7) is 6.35. The zero-order chi connectivity index (χ0) is 13.1. The average molecular weight is 259 g/mol. The van der Waals surface area contributed by atoms with Gasteiger partial charge in [0.1, 0.15) is 15.9 Å². The van der Waals surface area contributed by atoms with Crippen molar-refractivity contribution in [3.63, 3.8) is 0 Å². The molecule has 0 saturated carbocycles. The average Bonchev–Trinajstić information content (AvgIpc) is 2.40. The standard InChI is InChI=1S/C15H17NOS/c1-10-6-7-11(2)14(9-10)12(3)13-5-4-8-16-15(13)18-17/h4-9,12,16H,1-3H3. The first-order valence-corrected chi connectivity index (χ1v) is 6.75. The van der Waals surface area contributed by atoms with Gasteiger partial charge in [0.25, 0.3) is 0 Å². The Morgan fingerprint density at radius 2 is 1.94 bits per heavy atom. The summed E-state index contributed by atoms with van der Waals surface area (Å²) < 4.78 is 11.8. The van der Waals surface area contributed by atoms with Crippen LogP contribution in [0.4, 0.5) is 0 Å². The van der Waals surface area contributed by atoms with Crippen molar-refractivity contribution in [3.05, 3.63) is 63.4 Å². The van der Waals surface area contributed by atoms with Crippen molar-refractivity contribution in [2.45, 2.75) is 26.7 Å². The molecule has 1 aromatic carbocycles. The smallest absolute Gasteiger partial charge is 0.137 e. The number of benzene rings is 1. The summed E-state index contributed by atoms with van der Waals surface area (Å²) in [4.78, 5) is 3.02. The van der Waals surface area contributed by atoms with Crippen LogP contribution >= 0.6 is 0 Å². The second-order valence-corrected chi connectivity index (χ2v) is 5.19. The van der Waals surface area contributed by atoms with E-state index >= 15 is 0 Å². The molecule has 2 rings (SSSR count). The third-order valence-electron chi connectivity index (χ3n) is 3.30. The summed E-state index contributed by atoms with van der Waals surface area (Å²) in [5.74, 6) is 0.221. The molecule has 0 fully saturated rings. The first-order chi connectivity index (χ1) is 8.63. The van der Waals surface area contributed by atoms with Gasteiger partial charge in [-0.15, -0.1) is 0 Å². The van der Waals surface area contributed by atoms with Gasteiger partial charge in [0.05, 0.1) is 0 Å². The number of pyridine rings is 1. The van der Waals surface area contributed by atoms with Crippen LogP contribution in [-0.2, 0) is 11.3 Å². The molecule has 94 valence electrons. The normalized spacial score (nSPS) is 12.2. The van der Waals surface area contributed by atoms with Gasteiger partial charge in [0.15, 0.2) is 0 Å². The molecular weight excluding hydrogens is 242 g/mol. The topological polar surface area (TPSA) is 32.9 Å². The summed E-state index contributed by atoms with van der Waals surface area (Å²) >= 11 is 0.523. The highest BCUT2D eigenvalue weighted by molar-refractivity contribution is 7.56. The van der Waals surface area contributed by atoms with Crippen LogP contribution in [0.5, 0.6) is 0 Å². The molecule has 0 spiro atoms. The number of hydrogen-bond donors (Lipinski definition) is 1. The zero-order valence-electron chi connectivity index (χ0n) is 10.9. The minimum Gasteiger partial charge on any atom is -0.351 e. The number of H-pyrrole nitrogens is 1. The summed E-state index contributed by atoms with van der Waals surface area (Å²) in [6, 6.07) is 10.4. The van der Waals surface area contributed by atoms with Crippen LogP contribution in [-0.4, -0.2) is 9.19 Å². The van der Waals surface area contributed by atoms with Crippen LogP contribution in [0.2, 0.25) is 0 Å². The van der Waals surface area contributed by atoms with Crippen molar-refractivity contribution < 1.29 is 4.21 Å². The van der Waals surface area contributed by atoms with Gasteiger partial charge in [-0.1, -0.05) is 36.8 Å². The fourth-order valence-corrected chi connectivity index (χ4v) is 2.70. The third kappa shape index (κ3) is 2.46. The molecule has 18 heavy (non-hydrogen) atoms. The van der Waals surface area contributed by atoms with Crippen molar-refractivity contribution in [1.29, 1.82) is 0 Å². The number of hydrogen-bond acceptors (Lipinski definition) is 1. The van der Waals surface area contributed by atoms with Crippen molar-refractivity contribution in [2.24, 2.45) is 0 Å². The Kier molecular flexibility index (Phi) is 3.82. The van der Waals surface area contributed by atoms with E-state index in [1.54, 1.807) is 6.20 Å². The Balaban J connectivity index is 2.58. The van der Waals surface area contributed by atoms with E-state index in [1.165, 1.54) is 16.7 Å². The van der Waals surface area contributed by atoms with Gasteiger partial charge in [0, 0.05) is 12.1 Å². The van der Waals surface area contributed by atoms with Gasteiger partial charge in [-0.2, -0.15) is 0 Å². The van der Waals surface area contributed by atoms with E-state index in [1.807, 2.05) is 12.1 Å². The lowest BCUT2D eigenvalue weighted by molar-refractivity contribution is 0.698. The van der Waals surface area contributed by atoms with Gasteiger partial charge < -0.3 is 4.98 Å². The second-order valence-electron chi connectivity index (χ2n) is 4.62. The van der Waals surface area contributed by atoms with Crippen LogP contribution in [0.15, 0.2) is 36.5 Å². The first-order valence-electron chi connectivity index (χ1n) is 6.01. The van der Waals surface area contributed by atoms with E-state index in [4.69, 9.17) is 0 Å². The molecule has 0 bridgehead atoms. The number of nitrogens with one attached hydrogen (secondary N) is 1. The first kappa shape index (κ1) is 12.8. The van der Waals surface area contributed by atoms with Crippen LogP contribution in [0.25, 0.3) is 0 Å². The summed E-state index contributed by atoms with van der Waals surface area (Å²) in [5, 5.41) is 0. The van der Waals surface area contributed by atoms with Crippen LogP contribution in [0.1, 0.15) is 35.1 Å². The Morgan fingerprint density at radius 1 is 1.17 bits per heavy atom. The van der Waals surface area contributed by atoms with Crippen LogP contribution < -0.4 is 0 Å². The van der Waals surface area contributed by atoms with Gasteiger partial charge in [0.2, 0.25) is 0 Å². The zero-order valence-corrected chi connectivity index (χ0v) is 11.7. The lowest BCUT2D eigenvalue weighted by Gasteiger charge is -2.15. The van der Waals surface area contributed by atoms with Crippen molar-refractivity contribution in [2.75, 3.05) is 0 Å². The summed E-state index contributed by atoms with van der Waals surface area (Å²) in [5.41, 5.74) is 4.86. The molecule has 3 heteroatoms. The van der Waals surface area contributed by atoms with E-state index in [0.717, 1.165) is 5.56 Å². The van der Waals surface area contributed by atoms with Gasteiger partial charge in [-0.05, 0) is 36.6 Å². The molecule has 0 amide bonds. The van der Waals surface area contributed by atoms with Crippen molar-refractivity contribution in [3.8, 4) is 0 Å². The number of aromatic nitrogens is 1. The van der Waals surface area contributed by atoms with Crippen molar-refractivity contribution in [1.82, 2.24) is 4.98 Å². The minimum atomic E-state index is 0.221. The molecule has 0 radical (unpaired) electrons. The Morgan fingerprint density at radius 3 is 2.67 bits per heavy atom. The van der Waals surface area contributed by atoms with Crippen LogP contribution in [0, 0.1) is 18.5 Å². The highest BCUT2D eigenvalue weighted by atomic mass is 32.1. The second kappa shape index (κ2) is 5.36. The van der Waals surface area contributed by atoms with Crippen molar-refractivity contribution >= 4 is 11.3 Å². The SMILES string of the molecule is Cc1ccc(C)c(C(C)c2ccc[nH]c2=S=O)c1.